The maximum atomic E-state index is 13.6. The lowest BCUT2D eigenvalue weighted by Gasteiger charge is -2.33. The number of rotatable bonds is 2. The van der Waals surface area contributed by atoms with Crippen molar-refractivity contribution in [1.82, 2.24) is 14.9 Å². The van der Waals surface area contributed by atoms with Crippen molar-refractivity contribution in [2.75, 3.05) is 45.2 Å². The van der Waals surface area contributed by atoms with E-state index in [4.69, 9.17) is 4.74 Å². The Morgan fingerprint density at radius 2 is 2.00 bits per heavy atom. The summed E-state index contributed by atoms with van der Waals surface area (Å²) in [6, 6.07) is 0.204. The van der Waals surface area contributed by atoms with Crippen LogP contribution in [0.1, 0.15) is 0 Å². The molecular weight excluding hydrogens is 211 g/mol. The van der Waals surface area contributed by atoms with Crippen molar-refractivity contribution < 1.29 is 9.13 Å². The molecule has 0 atom stereocenters. The van der Waals surface area contributed by atoms with E-state index in [0.717, 1.165) is 32.4 Å². The molecule has 0 aromatic carbocycles. The molecule has 2 heterocycles. The molecule has 88 valence electrons. The SMILES string of the molecule is COc1ncc(F)c(N2CCN(C)CC2)n1. The molecule has 5 nitrogen and oxygen atoms in total. The van der Waals surface area contributed by atoms with Gasteiger partial charge in [-0.15, -0.1) is 0 Å². The maximum absolute atomic E-state index is 13.6. The van der Waals surface area contributed by atoms with Gasteiger partial charge in [-0.2, -0.15) is 4.98 Å². The molecule has 0 unspecified atom stereocenters. The van der Waals surface area contributed by atoms with Crippen molar-refractivity contribution >= 4 is 5.82 Å². The second kappa shape index (κ2) is 4.61. The Hall–Kier alpha value is -1.43. The van der Waals surface area contributed by atoms with E-state index >= 15 is 0 Å². The van der Waals surface area contributed by atoms with Crippen LogP contribution in [0.3, 0.4) is 0 Å². The number of methoxy groups -OCH3 is 1. The first kappa shape index (κ1) is 11.1. The van der Waals surface area contributed by atoms with Crippen LogP contribution in [0.4, 0.5) is 10.2 Å². The van der Waals surface area contributed by atoms with Crippen molar-refractivity contribution in [2.24, 2.45) is 0 Å². The van der Waals surface area contributed by atoms with E-state index in [9.17, 15) is 4.39 Å². The largest absolute Gasteiger partial charge is 0.467 e. The van der Waals surface area contributed by atoms with E-state index in [2.05, 4.69) is 14.9 Å². The fraction of sp³-hybridized carbons (Fsp3) is 0.600. The van der Waals surface area contributed by atoms with Crippen LogP contribution in [0.5, 0.6) is 6.01 Å². The van der Waals surface area contributed by atoms with Crippen LogP contribution in [0.2, 0.25) is 0 Å². The molecule has 0 amide bonds. The highest BCUT2D eigenvalue weighted by Gasteiger charge is 2.19. The van der Waals surface area contributed by atoms with Crippen LogP contribution in [0.25, 0.3) is 0 Å². The smallest absolute Gasteiger partial charge is 0.318 e. The molecule has 6 heteroatoms. The molecule has 1 aromatic heterocycles. The molecule has 1 saturated heterocycles. The van der Waals surface area contributed by atoms with Crippen molar-refractivity contribution in [3.05, 3.63) is 12.0 Å². The van der Waals surface area contributed by atoms with Gasteiger partial charge in [0.05, 0.1) is 13.3 Å². The zero-order valence-electron chi connectivity index (χ0n) is 9.48. The van der Waals surface area contributed by atoms with E-state index in [1.165, 1.54) is 7.11 Å². The summed E-state index contributed by atoms with van der Waals surface area (Å²) in [7, 11) is 3.52. The second-order valence-corrected chi connectivity index (χ2v) is 3.82. The lowest BCUT2D eigenvalue weighted by Crippen LogP contribution is -2.45. The number of aromatic nitrogens is 2. The highest BCUT2D eigenvalue weighted by molar-refractivity contribution is 5.40. The summed E-state index contributed by atoms with van der Waals surface area (Å²) < 4.78 is 18.4. The normalized spacial score (nSPS) is 17.6. The number of hydrogen-bond acceptors (Lipinski definition) is 5. The van der Waals surface area contributed by atoms with E-state index in [1.807, 2.05) is 11.9 Å². The molecule has 0 N–H and O–H groups in total. The summed E-state index contributed by atoms with van der Waals surface area (Å²) in [5.41, 5.74) is 0. The monoisotopic (exact) mass is 226 g/mol. The summed E-state index contributed by atoms with van der Waals surface area (Å²) >= 11 is 0. The average molecular weight is 226 g/mol. The topological polar surface area (TPSA) is 41.5 Å². The van der Waals surface area contributed by atoms with Gasteiger partial charge in [0, 0.05) is 26.2 Å². The summed E-state index contributed by atoms with van der Waals surface area (Å²) in [6.07, 6.45) is 1.15. The fourth-order valence-electron chi connectivity index (χ4n) is 1.68. The zero-order valence-corrected chi connectivity index (χ0v) is 9.48. The molecule has 1 aliphatic heterocycles. The first-order valence-corrected chi connectivity index (χ1v) is 5.20. The summed E-state index contributed by atoms with van der Waals surface area (Å²) in [5, 5.41) is 0. The van der Waals surface area contributed by atoms with Crippen LogP contribution < -0.4 is 9.64 Å². The van der Waals surface area contributed by atoms with E-state index in [0.29, 0.717) is 5.82 Å². The van der Waals surface area contributed by atoms with Gasteiger partial charge in [-0.05, 0) is 7.05 Å². The Morgan fingerprint density at radius 3 is 2.62 bits per heavy atom. The minimum absolute atomic E-state index is 0.204. The highest BCUT2D eigenvalue weighted by Crippen LogP contribution is 2.19. The van der Waals surface area contributed by atoms with Gasteiger partial charge in [0.25, 0.3) is 0 Å². The lowest BCUT2D eigenvalue weighted by atomic mass is 10.3. The number of anilines is 1. The van der Waals surface area contributed by atoms with E-state index in [-0.39, 0.29) is 6.01 Å². The van der Waals surface area contributed by atoms with Gasteiger partial charge in [0.2, 0.25) is 0 Å². The van der Waals surface area contributed by atoms with Crippen LogP contribution in [0.15, 0.2) is 6.20 Å². The molecule has 0 bridgehead atoms. The molecule has 1 aromatic rings. The minimum atomic E-state index is -0.398. The number of hydrogen-bond donors (Lipinski definition) is 0. The third kappa shape index (κ3) is 2.21. The molecule has 0 saturated carbocycles. The Bertz CT molecular complexity index is 366. The van der Waals surface area contributed by atoms with Crippen molar-refractivity contribution in [3.63, 3.8) is 0 Å². The van der Waals surface area contributed by atoms with E-state index in [1.54, 1.807) is 0 Å². The third-order valence-electron chi connectivity index (χ3n) is 2.69. The van der Waals surface area contributed by atoms with Gasteiger partial charge in [0.15, 0.2) is 11.6 Å². The Balaban J connectivity index is 2.19. The van der Waals surface area contributed by atoms with Crippen LogP contribution in [0, 0.1) is 5.82 Å². The third-order valence-corrected chi connectivity index (χ3v) is 2.69. The van der Waals surface area contributed by atoms with Crippen molar-refractivity contribution in [1.29, 1.82) is 0 Å². The van der Waals surface area contributed by atoms with E-state index < -0.39 is 5.82 Å². The van der Waals surface area contributed by atoms with Gasteiger partial charge in [-0.25, -0.2) is 9.37 Å². The van der Waals surface area contributed by atoms with Crippen LogP contribution in [-0.2, 0) is 0 Å². The number of piperazine rings is 1. The number of likely N-dealkylation sites (N-methyl/N-ethyl adjacent to an activating group) is 1. The molecule has 0 spiro atoms. The highest BCUT2D eigenvalue weighted by atomic mass is 19.1. The van der Waals surface area contributed by atoms with Crippen molar-refractivity contribution in [3.8, 4) is 6.01 Å². The molecule has 1 fully saturated rings. The van der Waals surface area contributed by atoms with Crippen molar-refractivity contribution in [2.45, 2.75) is 0 Å². The average Bonchev–Trinajstić information content (AvgIpc) is 2.31. The van der Waals surface area contributed by atoms with Gasteiger partial charge >= 0.3 is 6.01 Å². The molecule has 1 aliphatic rings. The molecule has 2 rings (SSSR count). The molecule has 16 heavy (non-hydrogen) atoms. The van der Waals surface area contributed by atoms with Crippen LogP contribution >= 0.6 is 0 Å². The zero-order chi connectivity index (χ0) is 11.5. The first-order chi connectivity index (χ1) is 7.70. The lowest BCUT2D eigenvalue weighted by molar-refractivity contribution is 0.309. The molecule has 0 aliphatic carbocycles. The molecule has 0 radical (unpaired) electrons. The maximum Gasteiger partial charge on any atom is 0.318 e. The predicted molar refractivity (Wildman–Crippen MR) is 58.3 cm³/mol. The fourth-order valence-corrected chi connectivity index (χ4v) is 1.68. The Kier molecular flexibility index (Phi) is 3.19. The predicted octanol–water partition coefficient (Wildman–Crippen LogP) is 0.376. The summed E-state index contributed by atoms with van der Waals surface area (Å²) in [6.45, 7) is 3.36. The van der Waals surface area contributed by atoms with Crippen LogP contribution in [-0.4, -0.2) is 55.2 Å². The quantitative estimate of drug-likeness (QED) is 0.729. The first-order valence-electron chi connectivity index (χ1n) is 5.20. The van der Waals surface area contributed by atoms with Gasteiger partial charge in [-0.3, -0.25) is 0 Å². The standard InChI is InChI=1S/C10H15FN4O/c1-14-3-5-15(6-4-14)9-8(11)7-12-10(13-9)16-2/h7H,3-6H2,1-2H3. The number of ether oxygens (including phenoxy) is 1. The number of nitrogens with zero attached hydrogens (tertiary/aromatic N) is 4. The van der Waals surface area contributed by atoms with Gasteiger partial charge in [0.1, 0.15) is 0 Å². The molecular formula is C10H15FN4O. The minimum Gasteiger partial charge on any atom is -0.467 e. The second-order valence-electron chi connectivity index (χ2n) is 3.82. The summed E-state index contributed by atoms with van der Waals surface area (Å²) in [4.78, 5) is 11.9. The number of halogens is 1. The van der Waals surface area contributed by atoms with Gasteiger partial charge in [-0.1, -0.05) is 0 Å². The summed E-state index contributed by atoms with van der Waals surface area (Å²) in [5.74, 6) is -0.0645. The Morgan fingerprint density at radius 1 is 1.31 bits per heavy atom. The van der Waals surface area contributed by atoms with Gasteiger partial charge < -0.3 is 14.5 Å². The Labute approximate surface area is 93.9 Å².